The van der Waals surface area contributed by atoms with Crippen molar-refractivity contribution in [3.63, 3.8) is 0 Å². The molecule has 0 bridgehead atoms. The van der Waals surface area contributed by atoms with Crippen molar-refractivity contribution < 1.29 is 22.3 Å². The first-order valence-corrected chi connectivity index (χ1v) is 17.6. The largest absolute Gasteiger partial charge is 1.00 e. The van der Waals surface area contributed by atoms with Crippen molar-refractivity contribution >= 4 is 0 Å². The first-order valence-electron chi connectivity index (χ1n) is 17.6. The maximum Gasteiger partial charge on any atom is 0.0781 e. The summed E-state index contributed by atoms with van der Waals surface area (Å²) < 4.78 is 0. The predicted molar refractivity (Wildman–Crippen MR) is 166 cm³/mol. The van der Waals surface area contributed by atoms with Crippen LogP contribution in [-0.4, -0.2) is 13.6 Å². The Bertz CT molecular complexity index is 340. The Kier molecular flexibility index (Phi) is 39.0. The first-order chi connectivity index (χ1) is 17.8. The van der Waals surface area contributed by atoms with Crippen LogP contribution in [0.15, 0.2) is 0 Å². The fraction of sp³-hybridized carbons (Fsp3) is 1.00. The molecule has 0 saturated heterocycles. The van der Waals surface area contributed by atoms with Crippen LogP contribution in [0.1, 0.15) is 206 Å². The van der Waals surface area contributed by atoms with Gasteiger partial charge in [-0.15, -0.1) is 0 Å². The lowest BCUT2D eigenvalue weighted by Gasteiger charge is -2.14. The molecule has 0 aliphatic carbocycles. The second-order valence-corrected chi connectivity index (χ2v) is 12.3. The molecular weight excluding hydrogens is 514 g/mol. The Morgan fingerprint density at radius 1 is 0.351 bits per heavy atom. The van der Waals surface area contributed by atoms with Crippen LogP contribution in [0.2, 0.25) is 0 Å². The molecule has 0 aliphatic heterocycles. The van der Waals surface area contributed by atoms with Crippen molar-refractivity contribution in [3.8, 4) is 0 Å². The smallest absolute Gasteiger partial charge is 0.0781 e. The average molecular weight is 589 g/mol. The van der Waals surface area contributed by atoms with Gasteiger partial charge in [0.05, 0.1) is 13.6 Å². The molecule has 0 rings (SSSR count). The zero-order chi connectivity index (χ0) is 26.2. The van der Waals surface area contributed by atoms with E-state index in [-0.39, 0.29) is 17.0 Å². The molecule has 0 spiro atoms. The van der Waals surface area contributed by atoms with Crippen molar-refractivity contribution in [2.45, 2.75) is 206 Å². The fourth-order valence-electron chi connectivity index (χ4n) is 5.97. The van der Waals surface area contributed by atoms with Crippen molar-refractivity contribution in [3.05, 3.63) is 0 Å². The van der Waals surface area contributed by atoms with Crippen LogP contribution >= 0.6 is 0 Å². The highest BCUT2D eigenvalue weighted by atomic mass is 79.9. The summed E-state index contributed by atoms with van der Waals surface area (Å²) in [6.07, 6.45) is 44.2. The zero-order valence-corrected chi connectivity index (χ0v) is 28.0. The summed E-state index contributed by atoms with van der Waals surface area (Å²) in [6.45, 7) is 5.98. The lowest BCUT2D eigenvalue weighted by molar-refractivity contribution is -0.633. The minimum absolute atomic E-state index is 0. The van der Waals surface area contributed by atoms with Crippen molar-refractivity contribution in [2.24, 2.45) is 5.92 Å². The van der Waals surface area contributed by atoms with E-state index in [4.69, 9.17) is 0 Å². The van der Waals surface area contributed by atoms with E-state index in [1.165, 1.54) is 199 Å². The molecule has 0 fully saturated rings. The predicted octanol–water partition coefficient (Wildman–Crippen LogP) is 8.54. The molecule has 0 aromatic rings. The number of quaternary nitrogens is 1. The van der Waals surface area contributed by atoms with Crippen molar-refractivity contribution in [2.75, 3.05) is 13.6 Å². The Hall–Kier alpha value is 0.440. The highest BCUT2D eigenvalue weighted by Gasteiger charge is 2.09. The lowest BCUT2D eigenvalue weighted by Crippen LogP contribution is -3.00. The summed E-state index contributed by atoms with van der Waals surface area (Å²) in [6, 6.07) is 0. The summed E-state index contributed by atoms with van der Waals surface area (Å²) >= 11 is 0. The molecule has 2 N–H and O–H groups in total. The summed E-state index contributed by atoms with van der Waals surface area (Å²) in [7, 11) is 2.27. The molecule has 0 aliphatic rings. The molecule has 0 saturated carbocycles. The van der Waals surface area contributed by atoms with Gasteiger partial charge in [-0.25, -0.2) is 0 Å². The zero-order valence-electron chi connectivity index (χ0n) is 26.5. The third kappa shape index (κ3) is 34.4. The van der Waals surface area contributed by atoms with Crippen LogP contribution < -0.4 is 22.3 Å². The molecule has 1 nitrogen and oxygen atoms in total. The van der Waals surface area contributed by atoms with E-state index in [1.54, 1.807) is 0 Å². The number of hydrogen-bond acceptors (Lipinski definition) is 0. The molecule has 0 radical (unpaired) electrons. The molecular formula is C35H74BrN. The van der Waals surface area contributed by atoms with Crippen LogP contribution in [0.3, 0.4) is 0 Å². The van der Waals surface area contributed by atoms with Gasteiger partial charge in [-0.3, -0.25) is 0 Å². The number of nitrogens with two attached hydrogens (primary N) is 1. The van der Waals surface area contributed by atoms with Crippen LogP contribution in [0.5, 0.6) is 0 Å². The standard InChI is InChI=1S/C35H73N.BrH/c1-4-6-8-10-12-14-16-18-20-22-24-26-28-30-32-35(34-36-3)33-31-29-27-25-23-21-19-17-15-13-11-9-7-5-2;/h35-36H,4-34H2,1-3H3;1H. The topological polar surface area (TPSA) is 16.6 Å². The third-order valence-corrected chi connectivity index (χ3v) is 8.50. The Labute approximate surface area is 247 Å². The van der Waals surface area contributed by atoms with Gasteiger partial charge in [0.25, 0.3) is 0 Å². The normalized spacial score (nSPS) is 11.4. The minimum Gasteiger partial charge on any atom is -1.00 e. The van der Waals surface area contributed by atoms with Gasteiger partial charge in [0.1, 0.15) is 0 Å². The fourth-order valence-corrected chi connectivity index (χ4v) is 5.97. The number of rotatable bonds is 32. The highest BCUT2D eigenvalue weighted by molar-refractivity contribution is 4.60. The summed E-state index contributed by atoms with van der Waals surface area (Å²) in [5, 5.41) is 2.43. The summed E-state index contributed by atoms with van der Waals surface area (Å²) in [5.41, 5.74) is 0. The molecule has 37 heavy (non-hydrogen) atoms. The van der Waals surface area contributed by atoms with Gasteiger partial charge >= 0.3 is 0 Å². The quantitative estimate of drug-likeness (QED) is 0.0759. The SMILES string of the molecule is CCCCCCCCCCCCCCCCC(CCCCCCCCCCCCCCCC)C[NH2+]C.[Br-]. The number of halogens is 1. The van der Waals surface area contributed by atoms with E-state index < -0.39 is 0 Å². The van der Waals surface area contributed by atoms with E-state index in [2.05, 4.69) is 26.2 Å². The van der Waals surface area contributed by atoms with E-state index in [1.807, 2.05) is 0 Å². The maximum absolute atomic E-state index is 2.43. The van der Waals surface area contributed by atoms with Gasteiger partial charge in [0.2, 0.25) is 0 Å². The molecule has 0 aromatic heterocycles. The van der Waals surface area contributed by atoms with Gasteiger partial charge in [-0.2, -0.15) is 0 Å². The molecule has 0 atom stereocenters. The van der Waals surface area contributed by atoms with E-state index in [0.717, 1.165) is 5.92 Å². The van der Waals surface area contributed by atoms with E-state index in [0.29, 0.717) is 0 Å². The number of unbranched alkanes of at least 4 members (excludes halogenated alkanes) is 26. The molecule has 0 aromatic carbocycles. The monoisotopic (exact) mass is 588 g/mol. The maximum atomic E-state index is 2.43. The molecule has 0 amide bonds. The minimum atomic E-state index is 0. The number of hydrogen-bond donors (Lipinski definition) is 1. The van der Waals surface area contributed by atoms with Gasteiger partial charge in [-0.1, -0.05) is 194 Å². The van der Waals surface area contributed by atoms with Crippen LogP contribution in [0.4, 0.5) is 0 Å². The van der Waals surface area contributed by atoms with Crippen molar-refractivity contribution in [1.82, 2.24) is 0 Å². The Morgan fingerprint density at radius 3 is 0.784 bits per heavy atom. The van der Waals surface area contributed by atoms with Crippen LogP contribution in [0, 0.1) is 5.92 Å². The average Bonchev–Trinajstić information content (AvgIpc) is 2.89. The van der Waals surface area contributed by atoms with E-state index >= 15 is 0 Å². The molecule has 0 unspecified atom stereocenters. The lowest BCUT2D eigenvalue weighted by atomic mass is 9.94. The van der Waals surface area contributed by atoms with Gasteiger partial charge < -0.3 is 22.3 Å². The van der Waals surface area contributed by atoms with Gasteiger partial charge in [-0.05, 0) is 12.8 Å². The molecule has 2 heteroatoms. The van der Waals surface area contributed by atoms with Gasteiger partial charge in [0.15, 0.2) is 0 Å². The molecule has 0 heterocycles. The van der Waals surface area contributed by atoms with E-state index in [9.17, 15) is 0 Å². The van der Waals surface area contributed by atoms with Crippen molar-refractivity contribution in [1.29, 1.82) is 0 Å². The Balaban J connectivity index is 0. The Morgan fingerprint density at radius 2 is 0.568 bits per heavy atom. The van der Waals surface area contributed by atoms with Crippen LogP contribution in [-0.2, 0) is 0 Å². The highest BCUT2D eigenvalue weighted by Crippen LogP contribution is 2.19. The summed E-state index contributed by atoms with van der Waals surface area (Å²) in [4.78, 5) is 0. The molecule has 226 valence electrons. The second-order valence-electron chi connectivity index (χ2n) is 12.3. The second kappa shape index (κ2) is 36.4. The third-order valence-electron chi connectivity index (χ3n) is 8.50. The first kappa shape index (κ1) is 39.6. The summed E-state index contributed by atoms with van der Waals surface area (Å²) in [5.74, 6) is 0.977. The van der Waals surface area contributed by atoms with Gasteiger partial charge in [0, 0.05) is 5.92 Å². The van der Waals surface area contributed by atoms with Crippen LogP contribution in [0.25, 0.3) is 0 Å².